The van der Waals surface area contributed by atoms with Crippen molar-refractivity contribution < 1.29 is 13.2 Å². The number of nitrogens with one attached hydrogen (secondary N) is 2. The van der Waals surface area contributed by atoms with Gasteiger partial charge in [-0.25, -0.2) is 15.0 Å². The van der Waals surface area contributed by atoms with Gasteiger partial charge in [-0.15, -0.1) is 0 Å². The van der Waals surface area contributed by atoms with Crippen LogP contribution in [-0.2, 0) is 6.18 Å². The first kappa shape index (κ1) is 21.6. The molecule has 4 aromatic rings. The molecule has 0 aliphatic rings. The number of alkyl halides is 3. The first-order chi connectivity index (χ1) is 15.4. The Bertz CT molecular complexity index is 1220. The number of anilines is 3. The van der Waals surface area contributed by atoms with E-state index in [1.165, 1.54) is 12.4 Å². The van der Waals surface area contributed by atoms with E-state index < -0.39 is 11.7 Å². The third-order valence-corrected chi connectivity index (χ3v) is 5.43. The van der Waals surface area contributed by atoms with Gasteiger partial charge in [0.2, 0.25) is 0 Å². The first-order valence-corrected chi connectivity index (χ1v) is 10.4. The molecule has 0 radical (unpaired) electrons. The molecule has 0 aliphatic carbocycles. The van der Waals surface area contributed by atoms with Gasteiger partial charge in [-0.3, -0.25) is 0 Å². The molecule has 0 unspecified atom stereocenters. The highest BCUT2D eigenvalue weighted by molar-refractivity contribution is 8.00. The fourth-order valence-corrected chi connectivity index (χ4v) is 3.66. The highest BCUT2D eigenvalue weighted by atomic mass is 32.2. The molecule has 2 aromatic heterocycles. The Morgan fingerprint density at radius 3 is 2.56 bits per heavy atom. The van der Waals surface area contributed by atoms with Gasteiger partial charge in [-0.2, -0.15) is 13.2 Å². The number of benzene rings is 2. The second kappa shape index (κ2) is 9.27. The minimum absolute atomic E-state index is 0.464. The van der Waals surface area contributed by atoms with E-state index in [1.54, 1.807) is 24.5 Å². The second-order valence-corrected chi connectivity index (χ2v) is 7.76. The lowest BCUT2D eigenvalue weighted by Gasteiger charge is -2.14. The standard InChI is InChI=1S/C23H18F3N5S/c1-15-7-8-17(31-32-18-5-2-4-16(12-18)23(24,25)26)13-21(15)30-22-19(6-3-10-28-22)20-9-11-27-14-29-20/h2-14,31H,1H3,(H,28,30). The quantitative estimate of drug-likeness (QED) is 0.316. The summed E-state index contributed by atoms with van der Waals surface area (Å²) in [5.74, 6) is 0.636. The maximum atomic E-state index is 12.9. The largest absolute Gasteiger partial charge is 0.416 e. The Morgan fingerprint density at radius 2 is 1.78 bits per heavy atom. The smallest absolute Gasteiger partial charge is 0.339 e. The lowest BCUT2D eigenvalue weighted by molar-refractivity contribution is -0.137. The molecule has 2 aromatic carbocycles. The predicted molar refractivity (Wildman–Crippen MR) is 121 cm³/mol. The van der Waals surface area contributed by atoms with Gasteiger partial charge in [0, 0.05) is 34.2 Å². The zero-order chi connectivity index (χ0) is 22.6. The zero-order valence-electron chi connectivity index (χ0n) is 16.9. The van der Waals surface area contributed by atoms with Crippen LogP contribution < -0.4 is 10.0 Å². The third-order valence-electron chi connectivity index (χ3n) is 4.60. The fraction of sp³-hybridized carbons (Fsp3) is 0.0870. The topological polar surface area (TPSA) is 62.7 Å². The van der Waals surface area contributed by atoms with Crippen molar-refractivity contribution in [2.24, 2.45) is 0 Å². The summed E-state index contributed by atoms with van der Waals surface area (Å²) in [6, 6.07) is 16.4. The van der Waals surface area contributed by atoms with Gasteiger partial charge in [-0.1, -0.05) is 12.1 Å². The van der Waals surface area contributed by atoms with E-state index in [0.717, 1.165) is 52.3 Å². The Hall–Kier alpha value is -3.59. The molecule has 0 spiro atoms. The molecule has 0 amide bonds. The highest BCUT2D eigenvalue weighted by Crippen LogP contribution is 2.33. The molecule has 0 atom stereocenters. The van der Waals surface area contributed by atoms with Crippen LogP contribution >= 0.6 is 11.9 Å². The maximum Gasteiger partial charge on any atom is 0.416 e. The van der Waals surface area contributed by atoms with Crippen molar-refractivity contribution >= 4 is 29.1 Å². The number of hydrogen-bond donors (Lipinski definition) is 2. The lowest BCUT2D eigenvalue weighted by Crippen LogP contribution is -2.04. The number of rotatable bonds is 6. The average Bonchev–Trinajstić information content (AvgIpc) is 2.80. The van der Waals surface area contributed by atoms with Gasteiger partial charge >= 0.3 is 6.18 Å². The summed E-state index contributed by atoms with van der Waals surface area (Å²) in [4.78, 5) is 13.1. The molecule has 32 heavy (non-hydrogen) atoms. The van der Waals surface area contributed by atoms with Crippen LogP contribution in [-0.4, -0.2) is 15.0 Å². The van der Waals surface area contributed by atoms with Gasteiger partial charge in [0.15, 0.2) is 0 Å². The second-order valence-electron chi connectivity index (χ2n) is 6.88. The predicted octanol–water partition coefficient (Wildman–Crippen LogP) is 6.73. The molecule has 4 rings (SSSR count). The molecule has 0 fully saturated rings. The molecule has 2 N–H and O–H groups in total. The van der Waals surface area contributed by atoms with Crippen molar-refractivity contribution in [2.45, 2.75) is 18.0 Å². The SMILES string of the molecule is Cc1ccc(NSc2cccc(C(F)(F)F)c2)cc1Nc1ncccc1-c1ccncn1. The minimum atomic E-state index is -4.37. The van der Waals surface area contributed by atoms with Gasteiger partial charge in [0.1, 0.15) is 12.1 Å². The number of halogens is 3. The van der Waals surface area contributed by atoms with Gasteiger partial charge in [-0.05, 0) is 73.0 Å². The minimum Gasteiger partial charge on any atom is -0.339 e. The number of aryl methyl sites for hydroxylation is 1. The van der Waals surface area contributed by atoms with Crippen molar-refractivity contribution in [1.82, 2.24) is 15.0 Å². The summed E-state index contributed by atoms with van der Waals surface area (Å²) >= 11 is 1.11. The molecule has 0 saturated heterocycles. The van der Waals surface area contributed by atoms with Crippen molar-refractivity contribution in [2.75, 3.05) is 10.0 Å². The Kier molecular flexibility index (Phi) is 6.27. The molecular weight excluding hydrogens is 435 g/mol. The molecule has 0 saturated carbocycles. The highest BCUT2D eigenvalue weighted by Gasteiger charge is 2.30. The van der Waals surface area contributed by atoms with Crippen molar-refractivity contribution in [1.29, 1.82) is 0 Å². The summed E-state index contributed by atoms with van der Waals surface area (Å²) in [6.45, 7) is 1.96. The summed E-state index contributed by atoms with van der Waals surface area (Å²) in [6.07, 6.45) is 0.461. The van der Waals surface area contributed by atoms with E-state index in [-0.39, 0.29) is 0 Å². The van der Waals surface area contributed by atoms with E-state index >= 15 is 0 Å². The molecule has 162 valence electrons. The summed E-state index contributed by atoms with van der Waals surface area (Å²) in [5.41, 5.74) is 3.42. The zero-order valence-corrected chi connectivity index (χ0v) is 17.7. The number of aromatic nitrogens is 3. The maximum absolute atomic E-state index is 12.9. The summed E-state index contributed by atoms with van der Waals surface area (Å²) < 4.78 is 41.9. The van der Waals surface area contributed by atoms with E-state index in [1.807, 2.05) is 37.3 Å². The number of hydrogen-bond acceptors (Lipinski definition) is 6. The third kappa shape index (κ3) is 5.17. The molecule has 0 aliphatic heterocycles. The molecule has 9 heteroatoms. The molecule has 5 nitrogen and oxygen atoms in total. The first-order valence-electron chi connectivity index (χ1n) is 9.59. The van der Waals surface area contributed by atoms with Gasteiger partial charge in [0.25, 0.3) is 0 Å². The van der Waals surface area contributed by atoms with E-state index in [9.17, 15) is 13.2 Å². The van der Waals surface area contributed by atoms with Crippen LogP contribution in [0.25, 0.3) is 11.3 Å². The van der Waals surface area contributed by atoms with Crippen molar-refractivity contribution in [3.8, 4) is 11.3 Å². The van der Waals surface area contributed by atoms with Crippen LogP contribution in [0.4, 0.5) is 30.4 Å². The summed E-state index contributed by atoms with van der Waals surface area (Å²) in [5, 5.41) is 3.34. The number of nitrogens with zero attached hydrogens (tertiary/aromatic N) is 3. The molecule has 0 bridgehead atoms. The van der Waals surface area contributed by atoms with Crippen LogP contribution in [0.1, 0.15) is 11.1 Å². The monoisotopic (exact) mass is 453 g/mol. The van der Waals surface area contributed by atoms with Gasteiger partial charge < -0.3 is 10.0 Å². The van der Waals surface area contributed by atoms with E-state index in [0.29, 0.717) is 10.7 Å². The van der Waals surface area contributed by atoms with Crippen LogP contribution in [0.3, 0.4) is 0 Å². The van der Waals surface area contributed by atoms with Crippen LogP contribution in [0.15, 0.2) is 84.3 Å². The molecular formula is C23H18F3N5S. The Morgan fingerprint density at radius 1 is 0.906 bits per heavy atom. The fourth-order valence-electron chi connectivity index (χ4n) is 2.96. The summed E-state index contributed by atoms with van der Waals surface area (Å²) in [7, 11) is 0. The van der Waals surface area contributed by atoms with Crippen LogP contribution in [0.2, 0.25) is 0 Å². The van der Waals surface area contributed by atoms with E-state index in [2.05, 4.69) is 25.0 Å². The molecule has 2 heterocycles. The van der Waals surface area contributed by atoms with Crippen LogP contribution in [0, 0.1) is 6.92 Å². The Labute approximate surface area is 187 Å². The van der Waals surface area contributed by atoms with Crippen molar-refractivity contribution in [3.63, 3.8) is 0 Å². The number of pyridine rings is 1. The Balaban J connectivity index is 1.54. The van der Waals surface area contributed by atoms with Crippen molar-refractivity contribution in [3.05, 3.63) is 90.5 Å². The average molecular weight is 453 g/mol. The van der Waals surface area contributed by atoms with E-state index in [4.69, 9.17) is 0 Å². The van der Waals surface area contributed by atoms with Crippen LogP contribution in [0.5, 0.6) is 0 Å². The normalized spacial score (nSPS) is 11.2. The van der Waals surface area contributed by atoms with Gasteiger partial charge in [0.05, 0.1) is 11.3 Å². The lowest BCUT2D eigenvalue weighted by atomic mass is 10.1.